The van der Waals surface area contributed by atoms with E-state index in [1.165, 1.54) is 26.4 Å². The van der Waals surface area contributed by atoms with Crippen molar-refractivity contribution in [3.63, 3.8) is 0 Å². The maximum atomic E-state index is 11.4. The Morgan fingerprint density at radius 1 is 1.41 bits per heavy atom. The fourth-order valence-corrected chi connectivity index (χ4v) is 1.49. The Labute approximate surface area is 99.6 Å². The maximum Gasteiger partial charge on any atom is 0.337 e. The molecular weight excluding hydrogens is 224 g/mol. The minimum Gasteiger partial charge on any atom is -0.504 e. The molecule has 0 saturated heterocycles. The Hall–Kier alpha value is -1.75. The summed E-state index contributed by atoms with van der Waals surface area (Å²) in [5.74, 6) is -0.701. The number of carbonyl (C=O) groups is 1. The van der Waals surface area contributed by atoms with Crippen LogP contribution in [0.5, 0.6) is 11.5 Å². The van der Waals surface area contributed by atoms with Crippen LogP contribution in [-0.2, 0) is 4.74 Å². The van der Waals surface area contributed by atoms with E-state index in [0.717, 1.165) is 0 Å². The van der Waals surface area contributed by atoms with E-state index in [0.29, 0.717) is 5.56 Å². The van der Waals surface area contributed by atoms with Crippen LogP contribution in [0, 0.1) is 0 Å². The Bertz CT molecular complexity index is 414. The average Bonchev–Trinajstić information content (AvgIpc) is 2.37. The van der Waals surface area contributed by atoms with Crippen LogP contribution in [0.25, 0.3) is 0 Å². The summed E-state index contributed by atoms with van der Waals surface area (Å²) in [4.78, 5) is 11.4. The number of phenols is 1. The summed E-state index contributed by atoms with van der Waals surface area (Å²) in [5, 5.41) is 19.0. The van der Waals surface area contributed by atoms with Crippen molar-refractivity contribution in [3.05, 3.63) is 23.3 Å². The van der Waals surface area contributed by atoms with Crippen LogP contribution in [0.2, 0.25) is 0 Å². The fourth-order valence-electron chi connectivity index (χ4n) is 1.49. The summed E-state index contributed by atoms with van der Waals surface area (Å²) >= 11 is 0. The van der Waals surface area contributed by atoms with E-state index < -0.39 is 5.97 Å². The molecule has 0 aliphatic rings. The highest BCUT2D eigenvalue weighted by Gasteiger charge is 2.18. The van der Waals surface area contributed by atoms with Gasteiger partial charge in [-0.1, -0.05) is 6.92 Å². The lowest BCUT2D eigenvalue weighted by Gasteiger charge is -2.15. The summed E-state index contributed by atoms with van der Waals surface area (Å²) in [6.45, 7) is 1.59. The third kappa shape index (κ3) is 2.68. The van der Waals surface area contributed by atoms with Gasteiger partial charge >= 0.3 is 5.97 Å². The Morgan fingerprint density at radius 3 is 2.53 bits per heavy atom. The molecule has 0 spiro atoms. The van der Waals surface area contributed by atoms with E-state index in [1.807, 2.05) is 0 Å². The van der Waals surface area contributed by atoms with Gasteiger partial charge in [-0.25, -0.2) is 4.79 Å². The van der Waals surface area contributed by atoms with Crippen molar-refractivity contribution in [1.29, 1.82) is 0 Å². The van der Waals surface area contributed by atoms with Crippen LogP contribution in [0.1, 0.15) is 28.8 Å². The molecule has 0 fully saturated rings. The van der Waals surface area contributed by atoms with Gasteiger partial charge in [0.15, 0.2) is 11.5 Å². The lowest BCUT2D eigenvalue weighted by Crippen LogP contribution is -2.06. The number of rotatable bonds is 4. The van der Waals surface area contributed by atoms with Crippen LogP contribution >= 0.6 is 0 Å². The van der Waals surface area contributed by atoms with Crippen molar-refractivity contribution in [2.45, 2.75) is 12.8 Å². The lowest BCUT2D eigenvalue weighted by atomic mass is 9.98. The zero-order valence-electron chi connectivity index (χ0n) is 10.1. The maximum absolute atomic E-state index is 11.4. The van der Waals surface area contributed by atoms with Gasteiger partial charge in [0.05, 0.1) is 19.8 Å². The first-order valence-electron chi connectivity index (χ1n) is 5.15. The van der Waals surface area contributed by atoms with Gasteiger partial charge < -0.3 is 19.7 Å². The highest BCUT2D eigenvalue weighted by molar-refractivity contribution is 5.90. The van der Waals surface area contributed by atoms with Crippen molar-refractivity contribution in [2.24, 2.45) is 0 Å². The molecule has 1 aromatic rings. The van der Waals surface area contributed by atoms with Crippen molar-refractivity contribution in [3.8, 4) is 11.5 Å². The number of aromatic hydroxyl groups is 1. The van der Waals surface area contributed by atoms with Crippen molar-refractivity contribution in [2.75, 3.05) is 20.8 Å². The molecule has 5 nitrogen and oxygen atoms in total. The minimum atomic E-state index is -0.519. The van der Waals surface area contributed by atoms with E-state index in [1.54, 1.807) is 6.92 Å². The number of carbonyl (C=O) groups excluding carboxylic acids is 1. The molecule has 5 heteroatoms. The van der Waals surface area contributed by atoms with E-state index in [-0.39, 0.29) is 29.6 Å². The summed E-state index contributed by atoms with van der Waals surface area (Å²) < 4.78 is 9.58. The molecule has 0 saturated carbocycles. The van der Waals surface area contributed by atoms with Gasteiger partial charge in [0.2, 0.25) is 0 Å². The number of ether oxygens (including phenoxy) is 2. The van der Waals surface area contributed by atoms with Gasteiger partial charge in [-0.05, 0) is 12.1 Å². The fraction of sp³-hybridized carbons (Fsp3) is 0.417. The average molecular weight is 240 g/mol. The zero-order valence-corrected chi connectivity index (χ0v) is 10.1. The quantitative estimate of drug-likeness (QED) is 0.775. The number of benzene rings is 1. The molecule has 1 rings (SSSR count). The molecule has 1 atom stereocenters. The molecule has 1 aromatic carbocycles. The molecule has 0 aliphatic heterocycles. The van der Waals surface area contributed by atoms with E-state index in [9.17, 15) is 9.90 Å². The lowest BCUT2D eigenvalue weighted by molar-refractivity contribution is 0.0600. The first kappa shape index (κ1) is 13.3. The van der Waals surface area contributed by atoms with Crippen molar-refractivity contribution >= 4 is 5.97 Å². The number of hydrogen-bond acceptors (Lipinski definition) is 5. The second-order valence-corrected chi connectivity index (χ2v) is 3.69. The zero-order chi connectivity index (χ0) is 13.0. The predicted molar refractivity (Wildman–Crippen MR) is 61.5 cm³/mol. The minimum absolute atomic E-state index is 0.0679. The second-order valence-electron chi connectivity index (χ2n) is 3.69. The summed E-state index contributed by atoms with van der Waals surface area (Å²) in [6, 6.07) is 2.89. The standard InChI is InChI=1S/C12H16O5/c1-7(6-13)9-4-8(12(15)17-3)5-10(16-2)11(9)14/h4-5,7,13-14H,6H2,1-3H3. The van der Waals surface area contributed by atoms with Gasteiger partial charge in [0.25, 0.3) is 0 Å². The second kappa shape index (κ2) is 5.54. The Morgan fingerprint density at radius 2 is 2.06 bits per heavy atom. The van der Waals surface area contributed by atoms with Crippen LogP contribution in [-0.4, -0.2) is 37.0 Å². The number of aliphatic hydroxyl groups is 1. The Kier molecular flexibility index (Phi) is 4.34. The number of aliphatic hydroxyl groups excluding tert-OH is 1. The van der Waals surface area contributed by atoms with Gasteiger partial charge in [-0.2, -0.15) is 0 Å². The predicted octanol–water partition coefficient (Wildman–Crippen LogP) is 1.28. The van der Waals surface area contributed by atoms with Gasteiger partial charge in [0, 0.05) is 18.1 Å². The molecule has 0 radical (unpaired) electrons. The van der Waals surface area contributed by atoms with Crippen molar-refractivity contribution < 1.29 is 24.5 Å². The largest absolute Gasteiger partial charge is 0.504 e. The van der Waals surface area contributed by atoms with Gasteiger partial charge in [0.1, 0.15) is 0 Å². The molecule has 1 unspecified atom stereocenters. The van der Waals surface area contributed by atoms with Crippen LogP contribution in [0.4, 0.5) is 0 Å². The molecule has 0 bridgehead atoms. The number of hydrogen-bond donors (Lipinski definition) is 2. The summed E-state index contributed by atoms with van der Waals surface area (Å²) in [6.07, 6.45) is 0. The monoisotopic (exact) mass is 240 g/mol. The number of esters is 1. The molecule has 0 heterocycles. The normalized spacial score (nSPS) is 12.0. The van der Waals surface area contributed by atoms with Gasteiger partial charge in [-0.3, -0.25) is 0 Å². The summed E-state index contributed by atoms with van der Waals surface area (Å²) in [7, 11) is 2.67. The molecular formula is C12H16O5. The number of methoxy groups -OCH3 is 2. The molecule has 0 aliphatic carbocycles. The van der Waals surface area contributed by atoms with Gasteiger partial charge in [-0.15, -0.1) is 0 Å². The first-order valence-corrected chi connectivity index (χ1v) is 5.15. The molecule has 0 aromatic heterocycles. The molecule has 0 amide bonds. The van der Waals surface area contributed by atoms with Crippen LogP contribution in [0.3, 0.4) is 0 Å². The van der Waals surface area contributed by atoms with Crippen LogP contribution < -0.4 is 4.74 Å². The first-order chi connectivity index (χ1) is 8.04. The Balaban J connectivity index is 3.33. The molecule has 17 heavy (non-hydrogen) atoms. The summed E-state index contributed by atoms with van der Waals surface area (Å²) in [5.41, 5.74) is 0.727. The van der Waals surface area contributed by atoms with E-state index in [4.69, 9.17) is 9.84 Å². The molecule has 2 N–H and O–H groups in total. The number of phenolic OH excluding ortho intramolecular Hbond substituents is 1. The van der Waals surface area contributed by atoms with Crippen molar-refractivity contribution in [1.82, 2.24) is 0 Å². The third-order valence-corrected chi connectivity index (χ3v) is 2.55. The highest BCUT2D eigenvalue weighted by atomic mass is 16.5. The topological polar surface area (TPSA) is 76.0 Å². The molecule has 94 valence electrons. The highest BCUT2D eigenvalue weighted by Crippen LogP contribution is 2.35. The van der Waals surface area contributed by atoms with Crippen LogP contribution in [0.15, 0.2) is 12.1 Å². The smallest absolute Gasteiger partial charge is 0.337 e. The van der Waals surface area contributed by atoms with E-state index in [2.05, 4.69) is 4.74 Å². The van der Waals surface area contributed by atoms with E-state index >= 15 is 0 Å². The SMILES string of the molecule is COC(=O)c1cc(OC)c(O)c(C(C)CO)c1. The third-order valence-electron chi connectivity index (χ3n) is 2.55.